The molecule has 0 saturated carbocycles. The fourth-order valence-electron chi connectivity index (χ4n) is 1.65. The summed E-state index contributed by atoms with van der Waals surface area (Å²) in [6, 6.07) is 4.66. The first-order valence-electron chi connectivity index (χ1n) is 6.03. The number of non-ortho nitro benzene ring substituents is 1. The Bertz CT molecular complexity index is 407. The van der Waals surface area contributed by atoms with Crippen molar-refractivity contribution in [2.24, 2.45) is 11.8 Å². The fraction of sp³-hybridized carbons (Fsp3) is 0.500. The van der Waals surface area contributed by atoms with Crippen molar-refractivity contribution in [1.82, 2.24) is 0 Å². The van der Waals surface area contributed by atoms with Gasteiger partial charge in [0.05, 0.1) is 10.6 Å². The predicted octanol–water partition coefficient (Wildman–Crippen LogP) is 2.73. The summed E-state index contributed by atoms with van der Waals surface area (Å²) in [6.45, 7) is 5.14. The average molecular weight is 252 g/mol. The van der Waals surface area contributed by atoms with Gasteiger partial charge in [-0.3, -0.25) is 16.0 Å². The highest BCUT2D eigenvalue weighted by molar-refractivity contribution is 5.63. The van der Waals surface area contributed by atoms with E-state index in [9.17, 15) is 10.1 Å². The summed E-state index contributed by atoms with van der Waals surface area (Å²) < 4.78 is 0. The summed E-state index contributed by atoms with van der Waals surface area (Å²) in [4.78, 5) is 10.3. The topological polar surface area (TPSA) is 93.2 Å². The van der Waals surface area contributed by atoms with E-state index in [1.165, 1.54) is 12.1 Å². The van der Waals surface area contributed by atoms with E-state index in [4.69, 9.17) is 5.84 Å². The molecule has 100 valence electrons. The number of anilines is 2. The number of rotatable bonds is 7. The minimum atomic E-state index is -0.430. The first kappa shape index (κ1) is 14.2. The molecule has 6 nitrogen and oxygen atoms in total. The van der Waals surface area contributed by atoms with Crippen molar-refractivity contribution in [3.8, 4) is 0 Å². The van der Waals surface area contributed by atoms with E-state index < -0.39 is 4.92 Å². The molecule has 0 saturated heterocycles. The highest BCUT2D eigenvalue weighted by Gasteiger charge is 2.09. The van der Waals surface area contributed by atoms with Gasteiger partial charge >= 0.3 is 0 Å². The Morgan fingerprint density at radius 3 is 2.56 bits per heavy atom. The van der Waals surface area contributed by atoms with Crippen molar-refractivity contribution in [2.75, 3.05) is 17.3 Å². The summed E-state index contributed by atoms with van der Waals surface area (Å²) in [6.07, 6.45) is 2.16. The number of nitrogens with two attached hydrogens (primary N) is 1. The van der Waals surface area contributed by atoms with Gasteiger partial charge in [0.1, 0.15) is 0 Å². The van der Waals surface area contributed by atoms with Crippen LogP contribution in [0, 0.1) is 16.0 Å². The maximum Gasteiger partial charge on any atom is 0.273 e. The highest BCUT2D eigenvalue weighted by atomic mass is 16.6. The van der Waals surface area contributed by atoms with E-state index in [0.717, 1.165) is 19.4 Å². The van der Waals surface area contributed by atoms with Crippen LogP contribution in [-0.2, 0) is 0 Å². The molecular weight excluding hydrogens is 232 g/mol. The number of nitrogens with one attached hydrogen (secondary N) is 2. The van der Waals surface area contributed by atoms with Crippen molar-refractivity contribution in [1.29, 1.82) is 0 Å². The number of benzene rings is 1. The van der Waals surface area contributed by atoms with E-state index >= 15 is 0 Å². The minimum absolute atomic E-state index is 0.0248. The van der Waals surface area contributed by atoms with E-state index in [0.29, 0.717) is 17.3 Å². The molecule has 0 heterocycles. The van der Waals surface area contributed by atoms with Crippen molar-refractivity contribution in [2.45, 2.75) is 26.7 Å². The van der Waals surface area contributed by atoms with Gasteiger partial charge in [0.2, 0.25) is 0 Å². The van der Waals surface area contributed by atoms with Crippen LogP contribution in [0.2, 0.25) is 0 Å². The molecule has 0 atom stereocenters. The average Bonchev–Trinajstić information content (AvgIpc) is 2.34. The zero-order valence-electron chi connectivity index (χ0n) is 10.8. The molecule has 0 aliphatic rings. The van der Waals surface area contributed by atoms with Crippen molar-refractivity contribution < 1.29 is 4.92 Å². The normalized spacial score (nSPS) is 10.4. The van der Waals surface area contributed by atoms with Gasteiger partial charge in [0.25, 0.3) is 5.69 Å². The third-order valence-corrected chi connectivity index (χ3v) is 2.58. The summed E-state index contributed by atoms with van der Waals surface area (Å²) in [5.74, 6) is 5.95. The van der Waals surface area contributed by atoms with Crippen molar-refractivity contribution in [3.63, 3.8) is 0 Å². The molecule has 1 aromatic rings. The zero-order valence-corrected chi connectivity index (χ0v) is 10.8. The van der Waals surface area contributed by atoms with Crippen molar-refractivity contribution in [3.05, 3.63) is 28.3 Å². The van der Waals surface area contributed by atoms with E-state index in [-0.39, 0.29) is 5.69 Å². The van der Waals surface area contributed by atoms with Gasteiger partial charge in [-0.1, -0.05) is 13.8 Å². The smallest absolute Gasteiger partial charge is 0.273 e. The van der Waals surface area contributed by atoms with E-state index in [1.54, 1.807) is 6.07 Å². The number of nitrogen functional groups attached to an aromatic ring is 1. The zero-order chi connectivity index (χ0) is 13.5. The summed E-state index contributed by atoms with van der Waals surface area (Å²) in [5.41, 5.74) is 3.68. The largest absolute Gasteiger partial charge is 0.385 e. The van der Waals surface area contributed by atoms with E-state index in [1.807, 2.05) is 0 Å². The quantitative estimate of drug-likeness (QED) is 0.300. The Balaban J connectivity index is 2.64. The van der Waals surface area contributed by atoms with Gasteiger partial charge in [-0.2, -0.15) is 0 Å². The predicted molar refractivity (Wildman–Crippen MR) is 73.5 cm³/mol. The van der Waals surface area contributed by atoms with Crippen LogP contribution in [0.5, 0.6) is 0 Å². The maximum absolute atomic E-state index is 10.7. The van der Waals surface area contributed by atoms with Gasteiger partial charge in [-0.15, -0.1) is 0 Å². The SMILES string of the molecule is CC(C)CCCNc1cc(NN)cc([N+](=O)[O-])c1. The lowest BCUT2D eigenvalue weighted by Gasteiger charge is -2.09. The molecule has 6 heteroatoms. The van der Waals surface area contributed by atoms with Gasteiger partial charge in [-0.05, 0) is 24.8 Å². The Hall–Kier alpha value is -1.82. The van der Waals surface area contributed by atoms with Crippen LogP contribution in [0.4, 0.5) is 17.1 Å². The lowest BCUT2D eigenvalue weighted by Crippen LogP contribution is -2.09. The van der Waals surface area contributed by atoms with Crippen LogP contribution >= 0.6 is 0 Å². The molecule has 0 aliphatic carbocycles. The number of nitro groups is 1. The fourth-order valence-corrected chi connectivity index (χ4v) is 1.65. The van der Waals surface area contributed by atoms with Crippen LogP contribution in [0.3, 0.4) is 0 Å². The molecule has 18 heavy (non-hydrogen) atoms. The Morgan fingerprint density at radius 1 is 1.33 bits per heavy atom. The molecule has 0 fully saturated rings. The second-order valence-corrected chi connectivity index (χ2v) is 4.63. The molecular formula is C12H20N4O2. The lowest BCUT2D eigenvalue weighted by molar-refractivity contribution is -0.384. The number of nitro benzene ring substituents is 1. The highest BCUT2D eigenvalue weighted by Crippen LogP contribution is 2.23. The molecule has 0 unspecified atom stereocenters. The van der Waals surface area contributed by atoms with Crippen LogP contribution in [0.1, 0.15) is 26.7 Å². The Kier molecular flexibility index (Phi) is 5.38. The summed E-state index contributed by atoms with van der Waals surface area (Å²) in [7, 11) is 0. The first-order valence-corrected chi connectivity index (χ1v) is 6.03. The van der Waals surface area contributed by atoms with Gasteiger partial charge in [0, 0.05) is 24.4 Å². The number of hydrazine groups is 1. The monoisotopic (exact) mass is 252 g/mol. The molecule has 0 amide bonds. The summed E-state index contributed by atoms with van der Waals surface area (Å²) in [5, 5.41) is 13.9. The molecule has 0 radical (unpaired) electrons. The van der Waals surface area contributed by atoms with Crippen LogP contribution in [-0.4, -0.2) is 11.5 Å². The number of hydrogen-bond donors (Lipinski definition) is 3. The van der Waals surface area contributed by atoms with E-state index in [2.05, 4.69) is 24.6 Å². The molecule has 1 rings (SSSR count). The van der Waals surface area contributed by atoms with Gasteiger partial charge in [-0.25, -0.2) is 0 Å². The molecule has 0 aliphatic heterocycles. The second-order valence-electron chi connectivity index (χ2n) is 4.63. The van der Waals surface area contributed by atoms with Gasteiger partial charge in [0.15, 0.2) is 0 Å². The van der Waals surface area contributed by atoms with Gasteiger partial charge < -0.3 is 10.7 Å². The molecule has 0 aromatic heterocycles. The van der Waals surface area contributed by atoms with Crippen LogP contribution < -0.4 is 16.6 Å². The maximum atomic E-state index is 10.7. The molecule has 4 N–H and O–H groups in total. The first-order chi connectivity index (χ1) is 8.52. The second kappa shape index (κ2) is 6.80. The Labute approximate surface area is 107 Å². The molecule has 1 aromatic carbocycles. The standard InChI is InChI=1S/C12H20N4O2/c1-9(2)4-3-5-14-10-6-11(15-13)8-12(7-10)16(17)18/h6-9,14-15H,3-5,13H2,1-2H3. The van der Waals surface area contributed by atoms with Crippen LogP contribution in [0.25, 0.3) is 0 Å². The van der Waals surface area contributed by atoms with Crippen molar-refractivity contribution >= 4 is 17.1 Å². The Morgan fingerprint density at radius 2 is 2.00 bits per heavy atom. The molecule has 0 spiro atoms. The third-order valence-electron chi connectivity index (χ3n) is 2.58. The number of hydrogen-bond acceptors (Lipinski definition) is 5. The van der Waals surface area contributed by atoms with Crippen LogP contribution in [0.15, 0.2) is 18.2 Å². The molecule has 0 bridgehead atoms. The minimum Gasteiger partial charge on any atom is -0.385 e. The lowest BCUT2D eigenvalue weighted by atomic mass is 10.1. The number of nitrogens with zero attached hydrogens (tertiary/aromatic N) is 1. The third kappa shape index (κ3) is 4.58. The summed E-state index contributed by atoms with van der Waals surface area (Å²) >= 11 is 0.